The molecule has 1 N–H and O–H groups in total. The lowest BCUT2D eigenvalue weighted by atomic mass is 10.1. The number of hydrogen-bond acceptors (Lipinski definition) is 4. The summed E-state index contributed by atoms with van der Waals surface area (Å²) in [6.45, 7) is 5.25. The summed E-state index contributed by atoms with van der Waals surface area (Å²) in [6.07, 6.45) is 1.63. The largest absolute Gasteiger partial charge is 0.452 e. The zero-order valence-electron chi connectivity index (χ0n) is 16.2. The van der Waals surface area contributed by atoms with Crippen molar-refractivity contribution in [3.63, 3.8) is 0 Å². The van der Waals surface area contributed by atoms with Crippen molar-refractivity contribution < 1.29 is 14.3 Å². The molecule has 144 valence electrons. The van der Waals surface area contributed by atoms with E-state index in [4.69, 9.17) is 4.74 Å². The van der Waals surface area contributed by atoms with Crippen LogP contribution in [0, 0.1) is 0 Å². The first-order chi connectivity index (χ1) is 13.3. The molecule has 1 heterocycles. The number of nitrogens with zero attached hydrogens (tertiary/aromatic N) is 2. The van der Waals surface area contributed by atoms with Gasteiger partial charge >= 0.3 is 5.97 Å². The van der Waals surface area contributed by atoms with Crippen LogP contribution in [0.25, 0.3) is 16.9 Å². The van der Waals surface area contributed by atoms with Gasteiger partial charge in [-0.3, -0.25) is 4.79 Å². The Morgan fingerprint density at radius 3 is 2.21 bits per heavy atom. The Bertz CT molecular complexity index is 958. The van der Waals surface area contributed by atoms with Crippen LogP contribution >= 0.6 is 0 Å². The normalized spacial score (nSPS) is 11.1. The Labute approximate surface area is 164 Å². The molecule has 0 radical (unpaired) electrons. The first-order valence-electron chi connectivity index (χ1n) is 9.02. The van der Waals surface area contributed by atoms with Crippen LogP contribution in [-0.4, -0.2) is 33.8 Å². The van der Waals surface area contributed by atoms with Crippen molar-refractivity contribution in [2.24, 2.45) is 0 Å². The highest BCUT2D eigenvalue weighted by Gasteiger charge is 2.21. The number of nitrogens with one attached hydrogen (secondary N) is 1. The lowest BCUT2D eigenvalue weighted by molar-refractivity contribution is -0.125. The van der Waals surface area contributed by atoms with Crippen molar-refractivity contribution in [2.45, 2.75) is 26.3 Å². The fraction of sp³-hybridized carbons (Fsp3) is 0.227. The molecule has 28 heavy (non-hydrogen) atoms. The van der Waals surface area contributed by atoms with Gasteiger partial charge in [0.2, 0.25) is 0 Å². The summed E-state index contributed by atoms with van der Waals surface area (Å²) in [5, 5.41) is 7.34. The highest BCUT2D eigenvalue weighted by molar-refractivity contribution is 5.97. The Balaban J connectivity index is 1.87. The van der Waals surface area contributed by atoms with Gasteiger partial charge in [-0.15, -0.1) is 0 Å². The average Bonchev–Trinajstić information content (AvgIpc) is 3.12. The van der Waals surface area contributed by atoms with Gasteiger partial charge in [-0.2, -0.15) is 5.10 Å². The van der Waals surface area contributed by atoms with Gasteiger partial charge in [0.15, 0.2) is 6.61 Å². The quantitative estimate of drug-likeness (QED) is 0.690. The molecule has 6 nitrogen and oxygen atoms in total. The monoisotopic (exact) mass is 377 g/mol. The van der Waals surface area contributed by atoms with E-state index >= 15 is 0 Å². The van der Waals surface area contributed by atoms with Crippen molar-refractivity contribution in [1.82, 2.24) is 15.1 Å². The number of esters is 1. The maximum atomic E-state index is 12.7. The molecule has 0 atom stereocenters. The van der Waals surface area contributed by atoms with Crippen LogP contribution in [0.3, 0.4) is 0 Å². The molecule has 6 heteroatoms. The Hall–Kier alpha value is -3.41. The van der Waals surface area contributed by atoms with E-state index in [2.05, 4.69) is 10.4 Å². The third-order valence-corrected chi connectivity index (χ3v) is 3.85. The summed E-state index contributed by atoms with van der Waals surface area (Å²) in [5.74, 6) is -0.942. The van der Waals surface area contributed by atoms with Crippen LogP contribution in [0.15, 0.2) is 66.9 Å². The molecular formula is C22H23N3O3. The Kier molecular flexibility index (Phi) is 5.59. The first-order valence-corrected chi connectivity index (χ1v) is 9.02. The zero-order chi connectivity index (χ0) is 20.1. The molecule has 3 aromatic rings. The molecule has 0 aliphatic rings. The number of para-hydroxylation sites is 1. The maximum absolute atomic E-state index is 12.7. The number of hydrogen-bond donors (Lipinski definition) is 1. The molecule has 3 rings (SSSR count). The van der Waals surface area contributed by atoms with Gasteiger partial charge in [0.05, 0.1) is 5.69 Å². The average molecular weight is 377 g/mol. The van der Waals surface area contributed by atoms with E-state index in [-0.39, 0.29) is 12.5 Å². The van der Waals surface area contributed by atoms with E-state index in [9.17, 15) is 9.59 Å². The molecule has 0 bridgehead atoms. The summed E-state index contributed by atoms with van der Waals surface area (Å²) >= 11 is 0. The van der Waals surface area contributed by atoms with E-state index < -0.39 is 11.5 Å². The fourth-order valence-electron chi connectivity index (χ4n) is 2.71. The van der Waals surface area contributed by atoms with Gasteiger partial charge in [0, 0.05) is 17.3 Å². The van der Waals surface area contributed by atoms with E-state index in [0.717, 1.165) is 11.3 Å². The van der Waals surface area contributed by atoms with Crippen molar-refractivity contribution in [3.8, 4) is 16.9 Å². The van der Waals surface area contributed by atoms with Crippen LogP contribution in [0.4, 0.5) is 0 Å². The summed E-state index contributed by atoms with van der Waals surface area (Å²) in [5.41, 5.74) is 2.04. The molecule has 0 unspecified atom stereocenters. The summed E-state index contributed by atoms with van der Waals surface area (Å²) in [6, 6.07) is 18.9. The predicted octanol–water partition coefficient (Wildman–Crippen LogP) is 3.61. The molecule has 1 amide bonds. The number of ether oxygens (including phenoxy) is 1. The highest BCUT2D eigenvalue weighted by Crippen LogP contribution is 2.24. The summed E-state index contributed by atoms with van der Waals surface area (Å²) in [4.78, 5) is 24.7. The zero-order valence-corrected chi connectivity index (χ0v) is 16.2. The maximum Gasteiger partial charge on any atom is 0.342 e. The number of rotatable bonds is 5. The van der Waals surface area contributed by atoms with Crippen LogP contribution in [0.1, 0.15) is 31.1 Å². The lowest BCUT2D eigenvalue weighted by Gasteiger charge is -2.20. The smallest absolute Gasteiger partial charge is 0.342 e. The molecule has 2 aromatic carbocycles. The molecule has 0 saturated carbocycles. The predicted molar refractivity (Wildman–Crippen MR) is 107 cm³/mol. The molecule has 1 aromatic heterocycles. The second-order valence-corrected chi connectivity index (χ2v) is 7.41. The minimum atomic E-state index is -0.593. The molecule has 0 aliphatic heterocycles. The molecule has 0 spiro atoms. The fourth-order valence-corrected chi connectivity index (χ4v) is 2.71. The van der Waals surface area contributed by atoms with E-state index in [0.29, 0.717) is 11.3 Å². The van der Waals surface area contributed by atoms with E-state index in [1.165, 1.54) is 0 Å². The van der Waals surface area contributed by atoms with Gasteiger partial charge in [0.25, 0.3) is 5.91 Å². The molecular weight excluding hydrogens is 354 g/mol. The van der Waals surface area contributed by atoms with Gasteiger partial charge in [-0.1, -0.05) is 48.5 Å². The topological polar surface area (TPSA) is 73.2 Å². The van der Waals surface area contributed by atoms with E-state index in [1.54, 1.807) is 10.9 Å². The van der Waals surface area contributed by atoms with Crippen LogP contribution in [0.2, 0.25) is 0 Å². The first kappa shape index (κ1) is 19.4. The van der Waals surface area contributed by atoms with Crippen molar-refractivity contribution in [2.75, 3.05) is 6.61 Å². The van der Waals surface area contributed by atoms with E-state index in [1.807, 2.05) is 81.4 Å². The third kappa shape index (κ3) is 4.85. The second-order valence-electron chi connectivity index (χ2n) is 7.41. The second kappa shape index (κ2) is 8.08. The van der Waals surface area contributed by atoms with Gasteiger partial charge in [-0.25, -0.2) is 9.48 Å². The number of aromatic nitrogens is 2. The van der Waals surface area contributed by atoms with Crippen molar-refractivity contribution >= 4 is 11.9 Å². The molecule has 0 saturated heterocycles. The Morgan fingerprint density at radius 2 is 1.61 bits per heavy atom. The summed E-state index contributed by atoms with van der Waals surface area (Å²) < 4.78 is 6.88. The lowest BCUT2D eigenvalue weighted by Crippen LogP contribution is -2.42. The van der Waals surface area contributed by atoms with Crippen LogP contribution < -0.4 is 5.32 Å². The number of carbonyl (C=O) groups is 2. The van der Waals surface area contributed by atoms with Gasteiger partial charge in [0.1, 0.15) is 11.3 Å². The number of benzene rings is 2. The highest BCUT2D eigenvalue weighted by atomic mass is 16.5. The standard InChI is InChI=1S/C22H23N3O3/c1-22(2,3)23-19(26)15-28-21(27)18-14-25(17-12-8-5-9-13-17)24-20(18)16-10-6-4-7-11-16/h4-14H,15H2,1-3H3,(H,23,26). The van der Waals surface area contributed by atoms with Crippen molar-refractivity contribution in [1.29, 1.82) is 0 Å². The van der Waals surface area contributed by atoms with Gasteiger partial charge in [-0.05, 0) is 32.9 Å². The number of carbonyl (C=O) groups excluding carboxylic acids is 2. The Morgan fingerprint density at radius 1 is 1.00 bits per heavy atom. The SMILES string of the molecule is CC(C)(C)NC(=O)COC(=O)c1cn(-c2ccccc2)nc1-c1ccccc1. The van der Waals surface area contributed by atoms with Crippen molar-refractivity contribution in [3.05, 3.63) is 72.4 Å². The minimum Gasteiger partial charge on any atom is -0.452 e. The van der Waals surface area contributed by atoms with Crippen LogP contribution in [-0.2, 0) is 9.53 Å². The molecule has 0 aliphatic carbocycles. The molecule has 0 fully saturated rings. The minimum absolute atomic E-state index is 0.304. The van der Waals surface area contributed by atoms with Gasteiger partial charge < -0.3 is 10.1 Å². The third-order valence-electron chi connectivity index (χ3n) is 3.85. The summed E-state index contributed by atoms with van der Waals surface area (Å²) in [7, 11) is 0. The number of amides is 1. The van der Waals surface area contributed by atoms with Crippen LogP contribution in [0.5, 0.6) is 0 Å².